The van der Waals surface area contributed by atoms with Crippen LogP contribution in [0.3, 0.4) is 0 Å². The maximum Gasteiger partial charge on any atom is 0.344 e. The number of ether oxygens (including phenoxy) is 2. The van der Waals surface area contributed by atoms with E-state index < -0.39 is 41.4 Å². The average molecular weight is 273 g/mol. The largest absolute Gasteiger partial charge is 0.460 e. The normalized spacial score (nSPS) is 10.4. The summed E-state index contributed by atoms with van der Waals surface area (Å²) in [6.45, 7) is 2.56. The molecule has 1 rings (SSSR count). The molecule has 1 aromatic rings. The van der Waals surface area contributed by atoms with Crippen molar-refractivity contribution >= 4 is 17.6 Å². The average Bonchev–Trinajstić information content (AvgIpc) is 2.30. The molecule has 0 amide bonds. The zero-order chi connectivity index (χ0) is 14.6. The zero-order valence-electron chi connectivity index (χ0n) is 10.4. The fraction of sp³-hybridized carbons (Fsp3) is 0.333. The van der Waals surface area contributed by atoms with E-state index >= 15 is 0 Å². The topological polar surface area (TPSA) is 78.6 Å². The molecular weight excluding hydrogens is 260 g/mol. The predicted octanol–water partition coefficient (Wildman–Crippen LogP) is 1.66. The molecule has 0 unspecified atom stereocenters. The van der Waals surface area contributed by atoms with Crippen LogP contribution in [0.25, 0.3) is 0 Å². The minimum Gasteiger partial charge on any atom is -0.460 e. The molecule has 0 bridgehead atoms. The summed E-state index contributed by atoms with van der Waals surface area (Å²) < 4.78 is 35.7. The maximum atomic E-state index is 13.4. The Hall–Kier alpha value is -2.18. The number of carbonyl (C=O) groups is 2. The van der Waals surface area contributed by atoms with Gasteiger partial charge in [-0.3, -0.25) is 0 Å². The van der Waals surface area contributed by atoms with Crippen LogP contribution in [-0.4, -0.2) is 24.6 Å². The van der Waals surface area contributed by atoms with Crippen molar-refractivity contribution in [2.45, 2.75) is 20.0 Å². The maximum absolute atomic E-state index is 13.4. The lowest BCUT2D eigenvalue weighted by Gasteiger charge is -2.09. The van der Waals surface area contributed by atoms with Gasteiger partial charge in [-0.15, -0.1) is 0 Å². The second kappa shape index (κ2) is 6.12. The van der Waals surface area contributed by atoms with Crippen LogP contribution in [0, 0.1) is 11.6 Å². The van der Waals surface area contributed by atoms with Gasteiger partial charge in [0.15, 0.2) is 6.61 Å². The molecule has 0 fully saturated rings. The number of nitrogens with two attached hydrogens (primary N) is 1. The molecule has 0 aromatic heterocycles. The molecule has 0 spiro atoms. The fourth-order valence-electron chi connectivity index (χ4n) is 1.22. The lowest BCUT2D eigenvalue weighted by molar-refractivity contribution is -0.150. The van der Waals surface area contributed by atoms with E-state index in [1.807, 2.05) is 0 Å². The molecule has 5 nitrogen and oxygen atoms in total. The van der Waals surface area contributed by atoms with Gasteiger partial charge in [0.25, 0.3) is 0 Å². The Morgan fingerprint density at radius 1 is 1.26 bits per heavy atom. The van der Waals surface area contributed by atoms with E-state index in [1.54, 1.807) is 13.8 Å². The lowest BCUT2D eigenvalue weighted by Crippen LogP contribution is -2.20. The van der Waals surface area contributed by atoms with Crippen molar-refractivity contribution in [1.82, 2.24) is 0 Å². The molecule has 0 aliphatic carbocycles. The molecule has 0 aliphatic heterocycles. The molecule has 0 aliphatic rings. The summed E-state index contributed by atoms with van der Waals surface area (Å²) in [5.74, 6) is -3.92. The molecule has 0 radical (unpaired) electrons. The summed E-state index contributed by atoms with van der Waals surface area (Å²) in [5, 5.41) is 0. The molecule has 0 saturated heterocycles. The summed E-state index contributed by atoms with van der Waals surface area (Å²) in [6.07, 6.45) is -0.364. The molecule has 0 saturated carbocycles. The second-order valence-electron chi connectivity index (χ2n) is 3.97. The highest BCUT2D eigenvalue weighted by Gasteiger charge is 2.18. The van der Waals surface area contributed by atoms with Gasteiger partial charge in [0.2, 0.25) is 0 Å². The summed E-state index contributed by atoms with van der Waals surface area (Å²) >= 11 is 0. The molecule has 2 N–H and O–H groups in total. The Morgan fingerprint density at radius 2 is 1.89 bits per heavy atom. The van der Waals surface area contributed by atoms with Crippen molar-refractivity contribution in [3.8, 4) is 0 Å². The summed E-state index contributed by atoms with van der Waals surface area (Å²) in [6, 6.07) is 1.28. The Morgan fingerprint density at radius 3 is 2.47 bits per heavy atom. The van der Waals surface area contributed by atoms with Gasteiger partial charge in [-0.25, -0.2) is 18.4 Å². The fourth-order valence-corrected chi connectivity index (χ4v) is 1.22. The Balaban J connectivity index is 2.69. The highest BCUT2D eigenvalue weighted by atomic mass is 19.1. The molecule has 0 atom stereocenters. The molecule has 7 heteroatoms. The van der Waals surface area contributed by atoms with E-state index in [-0.39, 0.29) is 6.10 Å². The van der Waals surface area contributed by atoms with Crippen molar-refractivity contribution in [3.05, 3.63) is 29.3 Å². The van der Waals surface area contributed by atoms with Gasteiger partial charge < -0.3 is 15.2 Å². The van der Waals surface area contributed by atoms with Crippen LogP contribution in [-0.2, 0) is 14.3 Å². The standard InChI is InChI=1S/C12H13F2NO4/c1-6(2)19-11(16)5-18-12(17)7-3-9(14)10(15)4-8(7)13/h3-4,6H,5,15H2,1-2H3. The zero-order valence-corrected chi connectivity index (χ0v) is 10.4. The Labute approximate surface area is 108 Å². The summed E-state index contributed by atoms with van der Waals surface area (Å²) in [4.78, 5) is 22.5. The van der Waals surface area contributed by atoms with E-state index in [0.717, 1.165) is 0 Å². The highest BCUT2D eigenvalue weighted by Crippen LogP contribution is 2.17. The van der Waals surface area contributed by atoms with E-state index in [2.05, 4.69) is 4.74 Å². The predicted molar refractivity (Wildman–Crippen MR) is 62.3 cm³/mol. The Kier molecular flexibility index (Phi) is 4.80. The number of anilines is 1. The molecule has 104 valence electrons. The van der Waals surface area contributed by atoms with Gasteiger partial charge in [0, 0.05) is 6.07 Å². The van der Waals surface area contributed by atoms with Gasteiger partial charge in [-0.05, 0) is 19.9 Å². The van der Waals surface area contributed by atoms with Crippen molar-refractivity contribution in [1.29, 1.82) is 0 Å². The van der Waals surface area contributed by atoms with Crippen LogP contribution in [0.15, 0.2) is 12.1 Å². The quantitative estimate of drug-likeness (QED) is 0.666. The van der Waals surface area contributed by atoms with Crippen LogP contribution in [0.2, 0.25) is 0 Å². The number of esters is 2. The van der Waals surface area contributed by atoms with E-state index in [9.17, 15) is 18.4 Å². The van der Waals surface area contributed by atoms with E-state index in [0.29, 0.717) is 12.1 Å². The van der Waals surface area contributed by atoms with E-state index in [1.165, 1.54) is 0 Å². The van der Waals surface area contributed by atoms with Gasteiger partial charge in [0.05, 0.1) is 17.4 Å². The molecular formula is C12H13F2NO4. The van der Waals surface area contributed by atoms with Crippen LogP contribution in [0.5, 0.6) is 0 Å². The minimum atomic E-state index is -1.17. The lowest BCUT2D eigenvalue weighted by atomic mass is 10.2. The number of nitrogen functional groups attached to an aromatic ring is 1. The number of benzene rings is 1. The van der Waals surface area contributed by atoms with Gasteiger partial charge >= 0.3 is 11.9 Å². The second-order valence-corrected chi connectivity index (χ2v) is 3.97. The molecule has 1 aromatic carbocycles. The Bertz CT molecular complexity index is 503. The van der Waals surface area contributed by atoms with Crippen LogP contribution < -0.4 is 5.73 Å². The van der Waals surface area contributed by atoms with Crippen LogP contribution in [0.4, 0.5) is 14.5 Å². The van der Waals surface area contributed by atoms with Gasteiger partial charge in [-0.1, -0.05) is 0 Å². The van der Waals surface area contributed by atoms with Gasteiger partial charge in [-0.2, -0.15) is 0 Å². The van der Waals surface area contributed by atoms with E-state index in [4.69, 9.17) is 10.5 Å². The third-order valence-electron chi connectivity index (χ3n) is 1.99. The smallest absolute Gasteiger partial charge is 0.344 e. The number of rotatable bonds is 4. The summed E-state index contributed by atoms with van der Waals surface area (Å²) in [5.41, 5.74) is 4.07. The van der Waals surface area contributed by atoms with Crippen LogP contribution >= 0.6 is 0 Å². The van der Waals surface area contributed by atoms with Crippen molar-refractivity contribution in [2.24, 2.45) is 0 Å². The SMILES string of the molecule is CC(C)OC(=O)COC(=O)c1cc(F)c(N)cc1F. The molecule has 19 heavy (non-hydrogen) atoms. The van der Waals surface area contributed by atoms with Crippen molar-refractivity contribution < 1.29 is 27.8 Å². The van der Waals surface area contributed by atoms with Gasteiger partial charge in [0.1, 0.15) is 11.6 Å². The molecule has 0 heterocycles. The number of halogens is 2. The first-order valence-corrected chi connectivity index (χ1v) is 5.42. The first-order valence-electron chi connectivity index (χ1n) is 5.42. The number of hydrogen-bond donors (Lipinski definition) is 1. The third-order valence-corrected chi connectivity index (χ3v) is 1.99. The van der Waals surface area contributed by atoms with Crippen molar-refractivity contribution in [3.63, 3.8) is 0 Å². The monoisotopic (exact) mass is 273 g/mol. The summed E-state index contributed by atoms with van der Waals surface area (Å²) in [7, 11) is 0. The van der Waals surface area contributed by atoms with Crippen molar-refractivity contribution in [2.75, 3.05) is 12.3 Å². The third kappa shape index (κ3) is 4.20. The van der Waals surface area contributed by atoms with Crippen LogP contribution in [0.1, 0.15) is 24.2 Å². The number of carbonyl (C=O) groups excluding carboxylic acids is 2. The highest BCUT2D eigenvalue weighted by molar-refractivity contribution is 5.91. The number of hydrogen-bond acceptors (Lipinski definition) is 5. The first kappa shape index (κ1) is 14.9. The first-order chi connectivity index (χ1) is 8.81. The minimum absolute atomic E-state index is 0.364.